The summed E-state index contributed by atoms with van der Waals surface area (Å²) in [5, 5.41) is 27.6. The van der Waals surface area contributed by atoms with Gasteiger partial charge in [-0.25, -0.2) is 14.4 Å². The third kappa shape index (κ3) is 6.91. The quantitative estimate of drug-likeness (QED) is 0.141. The molecule has 6 aromatic heterocycles. The molecule has 3 N–H and O–H groups in total. The SMILES string of the molecule is O=C(O)c1ccc(-c2ccc(-c3cc(-c4ccc(-c5ccc(C(=O)O)cn5)nc4)cc(-c4ccc(-c5ccc(C(=O)O)cn5)nc4)c3)cn2)nc1. The van der Waals surface area contributed by atoms with Crippen LogP contribution in [0.4, 0.5) is 0 Å². The van der Waals surface area contributed by atoms with Crippen LogP contribution in [0.3, 0.4) is 0 Å². The second-order valence-corrected chi connectivity index (χ2v) is 11.3. The highest BCUT2D eigenvalue weighted by Gasteiger charge is 2.13. The normalized spacial score (nSPS) is 10.8. The molecule has 7 rings (SSSR count). The summed E-state index contributed by atoms with van der Waals surface area (Å²) in [4.78, 5) is 60.2. The van der Waals surface area contributed by atoms with Gasteiger partial charge in [0.25, 0.3) is 0 Å². The number of rotatable bonds is 9. The van der Waals surface area contributed by atoms with Crippen LogP contribution in [0.2, 0.25) is 0 Å². The lowest BCUT2D eigenvalue weighted by molar-refractivity contribution is 0.0685. The van der Waals surface area contributed by atoms with E-state index in [1.807, 2.05) is 54.6 Å². The predicted molar refractivity (Wildman–Crippen MR) is 187 cm³/mol. The molecule has 12 nitrogen and oxygen atoms in total. The Morgan fingerprint density at radius 3 is 0.725 bits per heavy atom. The molecular formula is C39H24N6O6. The van der Waals surface area contributed by atoms with E-state index in [2.05, 4.69) is 29.9 Å². The Balaban J connectivity index is 1.24. The molecule has 12 heteroatoms. The minimum atomic E-state index is -1.06. The number of benzene rings is 1. The largest absolute Gasteiger partial charge is 0.478 e. The monoisotopic (exact) mass is 672 g/mol. The van der Waals surface area contributed by atoms with Crippen LogP contribution >= 0.6 is 0 Å². The average Bonchev–Trinajstić information content (AvgIpc) is 3.18. The molecule has 51 heavy (non-hydrogen) atoms. The van der Waals surface area contributed by atoms with E-state index in [-0.39, 0.29) is 16.7 Å². The van der Waals surface area contributed by atoms with E-state index in [4.69, 9.17) is 0 Å². The first kappa shape index (κ1) is 32.1. The van der Waals surface area contributed by atoms with Gasteiger partial charge in [-0.15, -0.1) is 0 Å². The first-order valence-corrected chi connectivity index (χ1v) is 15.4. The standard InChI is InChI=1S/C39H24N6O6/c46-37(47)25-4-10-34(43-19-25)31-7-1-22(16-40-31)28-13-29(23-2-8-32(41-17-23)35-11-5-26(20-44-35)38(48)49)15-30(14-28)24-3-9-33(42-18-24)36-12-6-27(21-45-36)39(50)51/h1-21H,(H,46,47)(H,48,49)(H,50,51). The van der Waals surface area contributed by atoms with Crippen LogP contribution in [0.15, 0.2) is 128 Å². The van der Waals surface area contributed by atoms with Crippen molar-refractivity contribution in [3.8, 4) is 67.5 Å². The molecule has 0 aliphatic heterocycles. The van der Waals surface area contributed by atoms with Crippen LogP contribution in [0.5, 0.6) is 0 Å². The molecule has 246 valence electrons. The topological polar surface area (TPSA) is 189 Å². The fourth-order valence-corrected chi connectivity index (χ4v) is 5.29. The summed E-state index contributed by atoms with van der Waals surface area (Å²) < 4.78 is 0. The number of carboxylic acid groups (broad SMARTS) is 3. The van der Waals surface area contributed by atoms with Gasteiger partial charge in [0, 0.05) is 53.9 Å². The highest BCUT2D eigenvalue weighted by molar-refractivity contribution is 5.89. The van der Waals surface area contributed by atoms with Crippen LogP contribution in [-0.2, 0) is 0 Å². The van der Waals surface area contributed by atoms with Crippen molar-refractivity contribution in [2.24, 2.45) is 0 Å². The first-order valence-electron chi connectivity index (χ1n) is 15.4. The minimum Gasteiger partial charge on any atom is -0.478 e. The summed E-state index contributed by atoms with van der Waals surface area (Å²) in [6.07, 6.45) is 9.07. The predicted octanol–water partition coefficient (Wildman–Crippen LogP) is 7.15. The zero-order valence-electron chi connectivity index (χ0n) is 26.4. The van der Waals surface area contributed by atoms with Crippen LogP contribution < -0.4 is 0 Å². The summed E-state index contributed by atoms with van der Waals surface area (Å²) >= 11 is 0. The third-order valence-corrected chi connectivity index (χ3v) is 8.04. The number of carboxylic acids is 3. The van der Waals surface area contributed by atoms with Crippen molar-refractivity contribution >= 4 is 17.9 Å². The number of hydrogen-bond acceptors (Lipinski definition) is 9. The molecule has 0 unspecified atom stereocenters. The Bertz CT molecular complexity index is 2110. The number of aromatic carboxylic acids is 3. The van der Waals surface area contributed by atoms with Crippen molar-refractivity contribution < 1.29 is 29.7 Å². The fraction of sp³-hybridized carbons (Fsp3) is 0. The molecule has 0 aliphatic rings. The molecule has 6 heterocycles. The molecule has 1 aromatic carbocycles. The van der Waals surface area contributed by atoms with Gasteiger partial charge >= 0.3 is 17.9 Å². The Kier molecular flexibility index (Phi) is 8.54. The molecule has 0 amide bonds. The maximum absolute atomic E-state index is 11.2. The summed E-state index contributed by atoms with van der Waals surface area (Å²) in [5.41, 5.74) is 8.69. The van der Waals surface area contributed by atoms with Crippen LogP contribution in [0.1, 0.15) is 31.1 Å². The van der Waals surface area contributed by atoms with E-state index < -0.39 is 17.9 Å². The smallest absolute Gasteiger partial charge is 0.337 e. The zero-order chi connectivity index (χ0) is 35.5. The number of carbonyl (C=O) groups is 3. The second kappa shape index (κ2) is 13.6. The highest BCUT2D eigenvalue weighted by atomic mass is 16.4. The van der Waals surface area contributed by atoms with Crippen LogP contribution in [0.25, 0.3) is 67.5 Å². The van der Waals surface area contributed by atoms with Gasteiger partial charge in [-0.1, -0.05) is 18.2 Å². The molecule has 0 saturated heterocycles. The van der Waals surface area contributed by atoms with Gasteiger partial charge in [-0.2, -0.15) is 0 Å². The van der Waals surface area contributed by atoms with Crippen molar-refractivity contribution in [3.63, 3.8) is 0 Å². The van der Waals surface area contributed by atoms with Gasteiger partial charge in [0.2, 0.25) is 0 Å². The van der Waals surface area contributed by atoms with Gasteiger partial charge in [0.1, 0.15) is 0 Å². The summed E-state index contributed by atoms with van der Waals surface area (Å²) in [6.45, 7) is 0. The number of hydrogen-bond donors (Lipinski definition) is 3. The molecule has 0 bridgehead atoms. The maximum Gasteiger partial charge on any atom is 0.337 e. The molecule has 7 aromatic rings. The van der Waals surface area contributed by atoms with Crippen molar-refractivity contribution in [1.29, 1.82) is 0 Å². The van der Waals surface area contributed by atoms with Gasteiger partial charge in [0.15, 0.2) is 0 Å². The number of nitrogens with zero attached hydrogens (tertiary/aromatic N) is 6. The fourth-order valence-electron chi connectivity index (χ4n) is 5.29. The third-order valence-electron chi connectivity index (χ3n) is 8.04. The van der Waals surface area contributed by atoms with Crippen molar-refractivity contribution in [2.45, 2.75) is 0 Å². The van der Waals surface area contributed by atoms with Gasteiger partial charge in [0.05, 0.1) is 50.9 Å². The number of pyridine rings is 6. The molecular weight excluding hydrogens is 648 g/mol. The molecule has 0 aliphatic carbocycles. The molecule has 0 spiro atoms. The number of aromatic nitrogens is 6. The molecule has 0 saturated carbocycles. The maximum atomic E-state index is 11.2. The van der Waals surface area contributed by atoms with E-state index in [1.165, 1.54) is 36.8 Å². The average molecular weight is 673 g/mol. The van der Waals surface area contributed by atoms with E-state index in [9.17, 15) is 29.7 Å². The van der Waals surface area contributed by atoms with Crippen LogP contribution in [0, 0.1) is 0 Å². The van der Waals surface area contributed by atoms with Crippen molar-refractivity contribution in [1.82, 2.24) is 29.9 Å². The van der Waals surface area contributed by atoms with Gasteiger partial charge in [-0.05, 0) is 89.5 Å². The first-order chi connectivity index (χ1) is 24.7. The summed E-state index contributed by atoms with van der Waals surface area (Å²) in [5.74, 6) is -3.17. The van der Waals surface area contributed by atoms with Gasteiger partial charge in [-0.3, -0.25) is 29.9 Å². The van der Waals surface area contributed by atoms with Crippen molar-refractivity contribution in [3.05, 3.63) is 145 Å². The lowest BCUT2D eigenvalue weighted by atomic mass is 9.94. The molecule has 0 fully saturated rings. The van der Waals surface area contributed by atoms with E-state index in [0.717, 1.165) is 33.4 Å². The Hall–Kier alpha value is -7.47. The van der Waals surface area contributed by atoms with Crippen LogP contribution in [-0.4, -0.2) is 63.1 Å². The highest BCUT2D eigenvalue weighted by Crippen LogP contribution is 2.34. The van der Waals surface area contributed by atoms with E-state index in [0.29, 0.717) is 34.2 Å². The lowest BCUT2D eigenvalue weighted by Crippen LogP contribution is -1.98. The molecule has 0 atom stereocenters. The Morgan fingerprint density at radius 1 is 0.314 bits per heavy atom. The Morgan fingerprint density at radius 2 is 0.549 bits per heavy atom. The summed E-state index contributed by atoms with van der Waals surface area (Å²) in [6, 6.07) is 26.6. The van der Waals surface area contributed by atoms with Gasteiger partial charge < -0.3 is 15.3 Å². The van der Waals surface area contributed by atoms with Crippen molar-refractivity contribution in [2.75, 3.05) is 0 Å². The minimum absolute atomic E-state index is 0.0875. The van der Waals surface area contributed by atoms with E-state index in [1.54, 1.807) is 36.8 Å². The second-order valence-electron chi connectivity index (χ2n) is 11.3. The van der Waals surface area contributed by atoms with E-state index >= 15 is 0 Å². The zero-order valence-corrected chi connectivity index (χ0v) is 26.4. The Labute approximate surface area is 289 Å². The lowest BCUT2D eigenvalue weighted by Gasteiger charge is -2.12. The molecule has 0 radical (unpaired) electrons. The summed E-state index contributed by atoms with van der Waals surface area (Å²) in [7, 11) is 0.